The molecule has 0 saturated carbocycles. The number of nitrogens with zero attached hydrogens (tertiary/aromatic N) is 3. The second-order valence-electron chi connectivity index (χ2n) is 5.34. The Morgan fingerprint density at radius 2 is 1.74 bits per heavy atom. The fourth-order valence-corrected chi connectivity index (χ4v) is 2.57. The van der Waals surface area contributed by atoms with E-state index in [4.69, 9.17) is 0 Å². The van der Waals surface area contributed by atoms with Gasteiger partial charge in [-0.2, -0.15) is 0 Å². The van der Waals surface area contributed by atoms with Crippen molar-refractivity contribution in [2.24, 2.45) is 0 Å². The van der Waals surface area contributed by atoms with Crippen LogP contribution in [0.15, 0.2) is 42.0 Å². The lowest BCUT2D eigenvalue weighted by atomic mass is 9.90. The van der Waals surface area contributed by atoms with E-state index in [2.05, 4.69) is 0 Å². The first-order valence-electron chi connectivity index (χ1n) is 7.12. The van der Waals surface area contributed by atoms with E-state index < -0.39 is 15.8 Å². The molecule has 8 nitrogen and oxygen atoms in total. The predicted molar refractivity (Wildman–Crippen MR) is 82.7 cm³/mol. The summed E-state index contributed by atoms with van der Waals surface area (Å²) in [5.74, 6) is -1.04. The number of benzene rings is 1. The summed E-state index contributed by atoms with van der Waals surface area (Å²) < 4.78 is 0. The Labute approximate surface area is 132 Å². The normalized spacial score (nSPS) is 15.1. The van der Waals surface area contributed by atoms with Gasteiger partial charge in [-0.05, 0) is 30.5 Å². The number of phenols is 1. The molecule has 0 bridgehead atoms. The van der Waals surface area contributed by atoms with Gasteiger partial charge in [0.15, 0.2) is 5.92 Å². The van der Waals surface area contributed by atoms with Gasteiger partial charge in [-0.25, -0.2) is 0 Å². The molecule has 1 heterocycles. The topological polar surface area (TPSA) is 110 Å². The number of hydrogen-bond acceptors (Lipinski definition) is 6. The van der Waals surface area contributed by atoms with Crippen LogP contribution in [-0.4, -0.2) is 26.4 Å². The van der Waals surface area contributed by atoms with Crippen LogP contribution in [0.3, 0.4) is 0 Å². The maximum atomic E-state index is 11.4. The Morgan fingerprint density at radius 3 is 2.17 bits per heavy atom. The molecule has 0 aromatic heterocycles. The van der Waals surface area contributed by atoms with Crippen LogP contribution in [0.4, 0.5) is 0 Å². The van der Waals surface area contributed by atoms with Crippen molar-refractivity contribution >= 4 is 0 Å². The van der Waals surface area contributed by atoms with Crippen molar-refractivity contribution in [3.8, 4) is 5.75 Å². The first-order chi connectivity index (χ1) is 10.8. The average molecular weight is 319 g/mol. The molecule has 1 aliphatic rings. The van der Waals surface area contributed by atoms with Crippen molar-refractivity contribution < 1.29 is 15.0 Å². The average Bonchev–Trinajstić information content (AvgIpc) is 2.49. The molecular weight excluding hydrogens is 302 g/mol. The number of nitro groups is 2. The van der Waals surface area contributed by atoms with Crippen molar-refractivity contribution in [1.29, 1.82) is 0 Å². The molecule has 0 unspecified atom stereocenters. The Hall–Kier alpha value is -2.90. The third kappa shape index (κ3) is 3.31. The summed E-state index contributed by atoms with van der Waals surface area (Å²) in [4.78, 5) is 23.1. The quantitative estimate of drug-likeness (QED) is 0.660. The van der Waals surface area contributed by atoms with E-state index in [1.165, 1.54) is 35.5 Å². The predicted octanol–water partition coefficient (Wildman–Crippen LogP) is 2.75. The lowest BCUT2D eigenvalue weighted by molar-refractivity contribution is -0.456. The van der Waals surface area contributed by atoms with E-state index >= 15 is 0 Å². The standard InChI is InChI=1S/C15H17N3O5/c1-3-6-16-8-12(17(20)21)15(13(9-16)18(22)23)11-4-5-14(19)10(2)7-11/h4-5,7-9,15,19H,3,6H2,1-2H3. The first kappa shape index (κ1) is 16.5. The molecule has 0 spiro atoms. The zero-order valence-electron chi connectivity index (χ0n) is 12.8. The molecular formula is C15H17N3O5. The van der Waals surface area contributed by atoms with Gasteiger partial charge >= 0.3 is 0 Å². The Bertz CT molecular complexity index is 679. The highest BCUT2D eigenvalue weighted by molar-refractivity contribution is 5.42. The summed E-state index contributed by atoms with van der Waals surface area (Å²) in [6.07, 6.45) is 3.37. The fourth-order valence-electron chi connectivity index (χ4n) is 2.57. The molecule has 0 amide bonds. The summed E-state index contributed by atoms with van der Waals surface area (Å²) >= 11 is 0. The number of hydrogen-bond donors (Lipinski definition) is 1. The van der Waals surface area contributed by atoms with Crippen LogP contribution in [0.2, 0.25) is 0 Å². The van der Waals surface area contributed by atoms with E-state index in [1.54, 1.807) is 6.92 Å². The molecule has 0 radical (unpaired) electrons. The molecule has 0 saturated heterocycles. The molecule has 1 aliphatic heterocycles. The zero-order valence-corrected chi connectivity index (χ0v) is 12.8. The van der Waals surface area contributed by atoms with Crippen LogP contribution in [-0.2, 0) is 0 Å². The molecule has 1 N–H and O–H groups in total. The third-order valence-corrected chi connectivity index (χ3v) is 3.65. The number of aromatic hydroxyl groups is 1. The molecule has 0 fully saturated rings. The highest BCUT2D eigenvalue weighted by Crippen LogP contribution is 2.37. The maximum absolute atomic E-state index is 11.4. The lowest BCUT2D eigenvalue weighted by Crippen LogP contribution is -2.27. The van der Waals surface area contributed by atoms with Gasteiger partial charge in [0, 0.05) is 6.54 Å². The molecule has 2 rings (SSSR count). The Morgan fingerprint density at radius 1 is 1.17 bits per heavy atom. The van der Waals surface area contributed by atoms with Gasteiger partial charge in [0.1, 0.15) is 5.75 Å². The van der Waals surface area contributed by atoms with Crippen molar-refractivity contribution in [2.45, 2.75) is 26.2 Å². The minimum Gasteiger partial charge on any atom is -0.508 e. The van der Waals surface area contributed by atoms with Gasteiger partial charge in [-0.15, -0.1) is 0 Å². The van der Waals surface area contributed by atoms with E-state index in [-0.39, 0.29) is 17.1 Å². The van der Waals surface area contributed by atoms with Crippen LogP contribution in [0, 0.1) is 27.2 Å². The maximum Gasteiger partial charge on any atom is 0.280 e. The minimum atomic E-state index is -1.08. The molecule has 122 valence electrons. The Balaban J connectivity index is 2.57. The third-order valence-electron chi connectivity index (χ3n) is 3.65. The van der Waals surface area contributed by atoms with Crippen molar-refractivity contribution in [3.05, 3.63) is 73.3 Å². The summed E-state index contributed by atoms with van der Waals surface area (Å²) in [5, 5.41) is 32.4. The minimum absolute atomic E-state index is 0.0374. The monoisotopic (exact) mass is 319 g/mol. The SMILES string of the molecule is CCCN1C=C([N+](=O)[O-])C(c2ccc(O)c(C)c2)C([N+](=O)[O-])=C1. The highest BCUT2D eigenvalue weighted by atomic mass is 16.6. The molecule has 1 aromatic carbocycles. The van der Waals surface area contributed by atoms with Gasteiger partial charge in [0.05, 0.1) is 22.2 Å². The second kappa shape index (κ2) is 6.47. The highest BCUT2D eigenvalue weighted by Gasteiger charge is 2.41. The van der Waals surface area contributed by atoms with Gasteiger partial charge in [-0.1, -0.05) is 19.1 Å². The summed E-state index contributed by atoms with van der Waals surface area (Å²) in [6, 6.07) is 4.39. The number of aryl methyl sites for hydroxylation is 1. The van der Waals surface area contributed by atoms with Crippen LogP contribution in [0.25, 0.3) is 0 Å². The van der Waals surface area contributed by atoms with Crippen molar-refractivity contribution in [3.63, 3.8) is 0 Å². The van der Waals surface area contributed by atoms with E-state index in [0.717, 1.165) is 0 Å². The zero-order chi connectivity index (χ0) is 17.1. The van der Waals surface area contributed by atoms with Crippen molar-refractivity contribution in [2.75, 3.05) is 6.54 Å². The molecule has 23 heavy (non-hydrogen) atoms. The fraction of sp³-hybridized carbons (Fsp3) is 0.333. The van der Waals surface area contributed by atoms with Gasteiger partial charge in [0.2, 0.25) is 0 Å². The molecule has 8 heteroatoms. The van der Waals surface area contributed by atoms with Gasteiger partial charge < -0.3 is 10.0 Å². The molecule has 1 aromatic rings. The van der Waals surface area contributed by atoms with Crippen LogP contribution in [0.1, 0.15) is 30.4 Å². The number of phenolic OH excluding ortho intramolecular Hbond substituents is 1. The summed E-state index contributed by atoms with van der Waals surface area (Å²) in [6.45, 7) is 3.97. The van der Waals surface area contributed by atoms with Crippen LogP contribution >= 0.6 is 0 Å². The second-order valence-corrected chi connectivity index (χ2v) is 5.34. The van der Waals surface area contributed by atoms with Crippen LogP contribution in [0.5, 0.6) is 5.75 Å². The molecule has 0 aliphatic carbocycles. The van der Waals surface area contributed by atoms with E-state index in [0.29, 0.717) is 24.1 Å². The summed E-state index contributed by atoms with van der Waals surface area (Å²) in [5.41, 5.74) is 0.404. The van der Waals surface area contributed by atoms with Crippen LogP contribution < -0.4 is 0 Å². The molecule has 0 atom stereocenters. The number of rotatable bonds is 5. The Kier molecular flexibility index (Phi) is 4.63. The van der Waals surface area contributed by atoms with E-state index in [9.17, 15) is 25.3 Å². The lowest BCUT2D eigenvalue weighted by Gasteiger charge is -2.23. The van der Waals surface area contributed by atoms with E-state index in [1.807, 2.05) is 6.92 Å². The van der Waals surface area contributed by atoms with Gasteiger partial charge in [0.25, 0.3) is 11.4 Å². The summed E-state index contributed by atoms with van der Waals surface area (Å²) in [7, 11) is 0. The van der Waals surface area contributed by atoms with Crippen molar-refractivity contribution in [1.82, 2.24) is 4.90 Å². The smallest absolute Gasteiger partial charge is 0.280 e. The first-order valence-corrected chi connectivity index (χ1v) is 7.12. The van der Waals surface area contributed by atoms with Gasteiger partial charge in [-0.3, -0.25) is 20.2 Å². The largest absolute Gasteiger partial charge is 0.508 e.